The molecule has 1 aromatic rings. The highest BCUT2D eigenvalue weighted by molar-refractivity contribution is 5.39. The molecule has 0 aliphatic carbocycles. The summed E-state index contributed by atoms with van der Waals surface area (Å²) in [6.45, 7) is 10.2. The van der Waals surface area contributed by atoms with Crippen LogP contribution in [-0.2, 0) is 6.54 Å². The van der Waals surface area contributed by atoms with Crippen LogP contribution < -0.4 is 10.2 Å². The maximum Gasteiger partial charge on any atom is 0.128 e. The third kappa shape index (κ3) is 6.03. The van der Waals surface area contributed by atoms with Crippen molar-refractivity contribution >= 4 is 5.82 Å². The van der Waals surface area contributed by atoms with Crippen molar-refractivity contribution in [3.05, 3.63) is 23.9 Å². The van der Waals surface area contributed by atoms with Crippen molar-refractivity contribution in [2.24, 2.45) is 5.92 Å². The lowest BCUT2D eigenvalue weighted by molar-refractivity contribution is 0.301. The van der Waals surface area contributed by atoms with Gasteiger partial charge < -0.3 is 15.3 Å². The fourth-order valence-electron chi connectivity index (χ4n) is 1.95. The summed E-state index contributed by atoms with van der Waals surface area (Å²) in [7, 11) is 0. The van der Waals surface area contributed by atoms with Crippen LogP contribution in [0, 0.1) is 5.92 Å². The van der Waals surface area contributed by atoms with E-state index in [4.69, 9.17) is 5.11 Å². The SMILES string of the molecule is CCCN(CCO)c1ccc(CNCC(C)C)cn1. The summed E-state index contributed by atoms with van der Waals surface area (Å²) in [5, 5.41) is 12.5. The van der Waals surface area contributed by atoms with E-state index in [9.17, 15) is 0 Å². The Morgan fingerprint density at radius 3 is 2.63 bits per heavy atom. The van der Waals surface area contributed by atoms with Crippen LogP contribution in [0.15, 0.2) is 18.3 Å². The van der Waals surface area contributed by atoms with Crippen molar-refractivity contribution in [3.63, 3.8) is 0 Å². The highest BCUT2D eigenvalue weighted by Crippen LogP contribution is 2.11. The van der Waals surface area contributed by atoms with Gasteiger partial charge in [0.15, 0.2) is 0 Å². The van der Waals surface area contributed by atoms with E-state index in [0.29, 0.717) is 12.5 Å². The first-order chi connectivity index (χ1) is 9.17. The van der Waals surface area contributed by atoms with Gasteiger partial charge in [-0.25, -0.2) is 4.98 Å². The first kappa shape index (κ1) is 15.9. The minimum Gasteiger partial charge on any atom is -0.395 e. The number of nitrogens with one attached hydrogen (secondary N) is 1. The van der Waals surface area contributed by atoms with Crippen LogP contribution in [0.25, 0.3) is 0 Å². The van der Waals surface area contributed by atoms with Crippen LogP contribution in [0.3, 0.4) is 0 Å². The molecule has 0 aliphatic rings. The first-order valence-corrected chi connectivity index (χ1v) is 7.18. The Labute approximate surface area is 116 Å². The summed E-state index contributed by atoms with van der Waals surface area (Å²) in [5.41, 5.74) is 1.20. The molecule has 0 saturated carbocycles. The monoisotopic (exact) mass is 265 g/mol. The fraction of sp³-hybridized carbons (Fsp3) is 0.667. The van der Waals surface area contributed by atoms with Crippen molar-refractivity contribution in [2.45, 2.75) is 33.7 Å². The van der Waals surface area contributed by atoms with Gasteiger partial charge in [-0.3, -0.25) is 0 Å². The highest BCUT2D eigenvalue weighted by Gasteiger charge is 2.06. The summed E-state index contributed by atoms with van der Waals surface area (Å²) in [6, 6.07) is 4.15. The Bertz CT molecular complexity index is 332. The van der Waals surface area contributed by atoms with Crippen molar-refractivity contribution in [1.29, 1.82) is 0 Å². The quantitative estimate of drug-likeness (QED) is 0.717. The normalized spacial score (nSPS) is 11.0. The molecule has 0 atom stereocenters. The number of anilines is 1. The predicted octanol–water partition coefficient (Wildman–Crippen LogP) is 2.04. The van der Waals surface area contributed by atoms with Gasteiger partial charge in [-0.2, -0.15) is 0 Å². The molecular weight excluding hydrogens is 238 g/mol. The molecule has 1 aromatic heterocycles. The molecule has 0 saturated heterocycles. The molecular formula is C15H27N3O. The third-order valence-corrected chi connectivity index (χ3v) is 2.88. The molecule has 0 aliphatic heterocycles. The summed E-state index contributed by atoms with van der Waals surface area (Å²) < 4.78 is 0. The molecule has 0 fully saturated rings. The van der Waals surface area contributed by atoms with Crippen LogP contribution in [0.2, 0.25) is 0 Å². The molecule has 0 unspecified atom stereocenters. The lowest BCUT2D eigenvalue weighted by Crippen LogP contribution is -2.28. The number of pyridine rings is 1. The second kappa shape index (κ2) is 8.88. The minimum atomic E-state index is 0.166. The van der Waals surface area contributed by atoms with Gasteiger partial charge in [0.25, 0.3) is 0 Å². The summed E-state index contributed by atoms with van der Waals surface area (Å²) >= 11 is 0. The van der Waals surface area contributed by atoms with Crippen LogP contribution in [0.4, 0.5) is 5.82 Å². The number of aliphatic hydroxyl groups excluding tert-OH is 1. The molecule has 2 N–H and O–H groups in total. The van der Waals surface area contributed by atoms with E-state index in [2.05, 4.69) is 42.0 Å². The molecule has 19 heavy (non-hydrogen) atoms. The van der Waals surface area contributed by atoms with E-state index >= 15 is 0 Å². The van der Waals surface area contributed by atoms with Gasteiger partial charge in [0.1, 0.15) is 5.82 Å². The van der Waals surface area contributed by atoms with Crippen LogP contribution in [0.5, 0.6) is 0 Å². The minimum absolute atomic E-state index is 0.166. The maximum absolute atomic E-state index is 9.07. The smallest absolute Gasteiger partial charge is 0.128 e. The van der Waals surface area contributed by atoms with Gasteiger partial charge in [0, 0.05) is 25.8 Å². The summed E-state index contributed by atoms with van der Waals surface area (Å²) in [5.74, 6) is 1.61. The fourth-order valence-corrected chi connectivity index (χ4v) is 1.95. The van der Waals surface area contributed by atoms with Crippen molar-refractivity contribution in [1.82, 2.24) is 10.3 Å². The summed E-state index contributed by atoms with van der Waals surface area (Å²) in [6.07, 6.45) is 2.97. The first-order valence-electron chi connectivity index (χ1n) is 7.18. The molecule has 0 bridgehead atoms. The second-order valence-corrected chi connectivity index (χ2v) is 5.26. The summed E-state index contributed by atoms with van der Waals surface area (Å²) in [4.78, 5) is 6.61. The zero-order chi connectivity index (χ0) is 14.1. The number of rotatable bonds is 9. The zero-order valence-corrected chi connectivity index (χ0v) is 12.4. The molecule has 0 amide bonds. The van der Waals surface area contributed by atoms with E-state index in [0.717, 1.165) is 31.9 Å². The van der Waals surface area contributed by atoms with Gasteiger partial charge >= 0.3 is 0 Å². The standard InChI is InChI=1S/C15H27N3O/c1-4-7-18(8-9-19)15-6-5-14(12-17-15)11-16-10-13(2)3/h5-6,12-13,16,19H,4,7-11H2,1-3H3. The molecule has 0 aromatic carbocycles. The molecule has 1 heterocycles. The van der Waals surface area contributed by atoms with Crippen LogP contribution in [-0.4, -0.2) is 36.3 Å². The van der Waals surface area contributed by atoms with Crippen molar-refractivity contribution < 1.29 is 5.11 Å². The third-order valence-electron chi connectivity index (χ3n) is 2.88. The Morgan fingerprint density at radius 2 is 2.11 bits per heavy atom. The van der Waals surface area contributed by atoms with Crippen molar-refractivity contribution in [3.8, 4) is 0 Å². The van der Waals surface area contributed by atoms with E-state index in [-0.39, 0.29) is 6.61 Å². The van der Waals surface area contributed by atoms with Gasteiger partial charge in [-0.15, -0.1) is 0 Å². The Morgan fingerprint density at radius 1 is 1.32 bits per heavy atom. The molecule has 1 rings (SSSR count). The lowest BCUT2D eigenvalue weighted by atomic mass is 10.2. The second-order valence-electron chi connectivity index (χ2n) is 5.26. The highest BCUT2D eigenvalue weighted by atomic mass is 16.3. The Balaban J connectivity index is 2.53. The molecule has 0 radical (unpaired) electrons. The number of aliphatic hydroxyl groups is 1. The van der Waals surface area contributed by atoms with Gasteiger partial charge in [-0.05, 0) is 30.5 Å². The topological polar surface area (TPSA) is 48.4 Å². The van der Waals surface area contributed by atoms with Crippen LogP contribution in [0.1, 0.15) is 32.8 Å². The van der Waals surface area contributed by atoms with Gasteiger partial charge in [-0.1, -0.05) is 26.8 Å². The van der Waals surface area contributed by atoms with E-state index in [1.54, 1.807) is 0 Å². The molecule has 4 heteroatoms. The Kier molecular flexibility index (Phi) is 7.45. The lowest BCUT2D eigenvalue weighted by Gasteiger charge is -2.22. The van der Waals surface area contributed by atoms with Crippen LogP contribution >= 0.6 is 0 Å². The maximum atomic E-state index is 9.07. The van der Waals surface area contributed by atoms with E-state index < -0.39 is 0 Å². The molecule has 108 valence electrons. The molecule has 0 spiro atoms. The zero-order valence-electron chi connectivity index (χ0n) is 12.4. The van der Waals surface area contributed by atoms with E-state index in [1.807, 2.05) is 12.3 Å². The average Bonchev–Trinajstić information content (AvgIpc) is 2.39. The van der Waals surface area contributed by atoms with Crippen molar-refractivity contribution in [2.75, 3.05) is 31.1 Å². The van der Waals surface area contributed by atoms with E-state index in [1.165, 1.54) is 5.56 Å². The average molecular weight is 265 g/mol. The predicted molar refractivity (Wildman–Crippen MR) is 80.4 cm³/mol. The molecule has 4 nitrogen and oxygen atoms in total. The largest absolute Gasteiger partial charge is 0.395 e. The Hall–Kier alpha value is -1.13. The number of hydrogen-bond acceptors (Lipinski definition) is 4. The number of hydrogen-bond donors (Lipinski definition) is 2. The number of aromatic nitrogens is 1. The number of nitrogens with zero attached hydrogens (tertiary/aromatic N) is 2. The van der Waals surface area contributed by atoms with Gasteiger partial charge in [0.05, 0.1) is 6.61 Å². The van der Waals surface area contributed by atoms with Gasteiger partial charge in [0.2, 0.25) is 0 Å².